The Hall–Kier alpha value is -1.96. The van der Waals surface area contributed by atoms with Crippen LogP contribution in [0.1, 0.15) is 0 Å². The number of benzene rings is 1. The molecule has 5 nitrogen and oxygen atoms in total. The summed E-state index contributed by atoms with van der Waals surface area (Å²) in [4.78, 5) is 22.6. The summed E-state index contributed by atoms with van der Waals surface area (Å²) < 4.78 is 35.2. The van der Waals surface area contributed by atoms with E-state index < -0.39 is 23.6 Å². The molecule has 0 aliphatic heterocycles. The van der Waals surface area contributed by atoms with E-state index in [2.05, 4.69) is 30.7 Å². The molecular formula is C12H10BrF2NO4. The summed E-state index contributed by atoms with van der Waals surface area (Å²) in [6.45, 7) is 0. The Labute approximate surface area is 121 Å². The molecule has 0 aliphatic rings. The number of nitrogens with one attached hydrogen (secondary N) is 1. The van der Waals surface area contributed by atoms with Crippen molar-refractivity contribution in [3.8, 4) is 0 Å². The molecule has 0 spiro atoms. The van der Waals surface area contributed by atoms with Crippen molar-refractivity contribution >= 4 is 33.6 Å². The van der Waals surface area contributed by atoms with Crippen LogP contribution >= 0.6 is 15.9 Å². The van der Waals surface area contributed by atoms with E-state index in [1.165, 1.54) is 0 Å². The molecule has 0 bridgehead atoms. The molecule has 108 valence electrons. The molecule has 1 aromatic carbocycles. The Balaban J connectivity index is 3.17. The summed E-state index contributed by atoms with van der Waals surface area (Å²) in [6, 6.07) is 1.61. The summed E-state index contributed by atoms with van der Waals surface area (Å²) in [5.74, 6) is -3.44. The maximum absolute atomic E-state index is 13.3. The number of carbonyl (C=O) groups is 2. The lowest BCUT2D eigenvalue weighted by molar-refractivity contribution is -0.138. The van der Waals surface area contributed by atoms with Gasteiger partial charge in [-0.05, 0) is 22.0 Å². The van der Waals surface area contributed by atoms with Gasteiger partial charge in [0.05, 0.1) is 30.5 Å². The fraction of sp³-hybridized carbons (Fsp3) is 0.167. The van der Waals surface area contributed by atoms with Gasteiger partial charge in [-0.2, -0.15) is 0 Å². The molecule has 0 amide bonds. The lowest BCUT2D eigenvalue weighted by Crippen LogP contribution is -2.16. The zero-order chi connectivity index (χ0) is 15.3. The number of ether oxygens (including phenoxy) is 2. The summed E-state index contributed by atoms with van der Waals surface area (Å²) in [5, 5.41) is 2.40. The number of anilines is 1. The van der Waals surface area contributed by atoms with Gasteiger partial charge in [-0.3, -0.25) is 0 Å². The maximum atomic E-state index is 13.3. The van der Waals surface area contributed by atoms with Gasteiger partial charge in [0.15, 0.2) is 0 Å². The summed E-state index contributed by atoms with van der Waals surface area (Å²) in [5.41, 5.74) is -0.409. The standard InChI is InChI=1S/C12H10BrF2NO4/c1-19-10(17)5-9(12(18)20-2)16-8-4-6(14)3-7(15)11(8)13/h3-5,16H,1-2H3/b9-5+. The maximum Gasteiger partial charge on any atom is 0.354 e. The molecule has 0 radical (unpaired) electrons. The van der Waals surface area contributed by atoms with Crippen LogP contribution in [0.25, 0.3) is 0 Å². The zero-order valence-electron chi connectivity index (χ0n) is 10.5. The molecule has 0 aliphatic carbocycles. The Morgan fingerprint density at radius 1 is 1.25 bits per heavy atom. The van der Waals surface area contributed by atoms with Gasteiger partial charge in [-0.1, -0.05) is 0 Å². The highest BCUT2D eigenvalue weighted by Crippen LogP contribution is 2.28. The van der Waals surface area contributed by atoms with Crippen LogP contribution in [0.3, 0.4) is 0 Å². The molecule has 0 heterocycles. The van der Waals surface area contributed by atoms with E-state index >= 15 is 0 Å². The molecule has 0 aromatic heterocycles. The zero-order valence-corrected chi connectivity index (χ0v) is 12.1. The van der Waals surface area contributed by atoms with Gasteiger partial charge < -0.3 is 14.8 Å². The SMILES string of the molecule is COC(=O)/C=C(/Nc1cc(F)cc(F)c1Br)C(=O)OC. The molecule has 20 heavy (non-hydrogen) atoms. The second-order valence-corrected chi connectivity index (χ2v) is 4.24. The minimum atomic E-state index is -0.896. The summed E-state index contributed by atoms with van der Waals surface area (Å²) in [7, 11) is 2.21. The largest absolute Gasteiger partial charge is 0.466 e. The van der Waals surface area contributed by atoms with E-state index in [1.807, 2.05) is 0 Å². The predicted octanol–water partition coefficient (Wildman–Crippen LogP) is 2.37. The third-order valence-electron chi connectivity index (χ3n) is 2.13. The molecular weight excluding hydrogens is 340 g/mol. The second-order valence-electron chi connectivity index (χ2n) is 3.45. The predicted molar refractivity (Wildman–Crippen MR) is 69.8 cm³/mol. The highest BCUT2D eigenvalue weighted by atomic mass is 79.9. The van der Waals surface area contributed by atoms with Crippen LogP contribution in [0, 0.1) is 11.6 Å². The number of methoxy groups -OCH3 is 2. The smallest absolute Gasteiger partial charge is 0.354 e. The third kappa shape index (κ3) is 4.02. The molecule has 1 N–H and O–H groups in total. The monoisotopic (exact) mass is 349 g/mol. The molecule has 1 aromatic rings. The number of halogens is 3. The average molecular weight is 350 g/mol. The van der Waals surface area contributed by atoms with E-state index in [4.69, 9.17) is 0 Å². The molecule has 0 unspecified atom stereocenters. The van der Waals surface area contributed by atoms with Gasteiger partial charge in [-0.15, -0.1) is 0 Å². The van der Waals surface area contributed by atoms with Gasteiger partial charge >= 0.3 is 11.9 Å². The first-order valence-corrected chi connectivity index (χ1v) is 5.97. The Bertz CT molecular complexity index is 575. The van der Waals surface area contributed by atoms with Crippen LogP contribution in [0.2, 0.25) is 0 Å². The molecule has 8 heteroatoms. The third-order valence-corrected chi connectivity index (χ3v) is 2.94. The van der Waals surface area contributed by atoms with Crippen LogP contribution < -0.4 is 5.32 Å². The van der Waals surface area contributed by atoms with Gasteiger partial charge in [0.2, 0.25) is 0 Å². The fourth-order valence-electron chi connectivity index (χ4n) is 1.22. The summed E-state index contributed by atoms with van der Waals surface area (Å²) in [6.07, 6.45) is 0.807. The van der Waals surface area contributed by atoms with E-state index in [1.54, 1.807) is 0 Å². The topological polar surface area (TPSA) is 64.6 Å². The van der Waals surface area contributed by atoms with Crippen molar-refractivity contribution in [2.75, 3.05) is 19.5 Å². The quantitative estimate of drug-likeness (QED) is 0.513. The molecule has 0 fully saturated rings. The van der Waals surface area contributed by atoms with Crippen molar-refractivity contribution in [1.29, 1.82) is 0 Å². The first-order chi connectivity index (χ1) is 9.38. The Morgan fingerprint density at radius 2 is 1.90 bits per heavy atom. The number of hydrogen-bond acceptors (Lipinski definition) is 5. The van der Waals surface area contributed by atoms with Crippen LogP contribution in [-0.4, -0.2) is 26.2 Å². The highest BCUT2D eigenvalue weighted by Gasteiger charge is 2.16. The second kappa shape index (κ2) is 6.99. The van der Waals surface area contributed by atoms with Crippen molar-refractivity contribution in [2.45, 2.75) is 0 Å². The average Bonchev–Trinajstić information content (AvgIpc) is 2.42. The Morgan fingerprint density at radius 3 is 2.45 bits per heavy atom. The van der Waals surface area contributed by atoms with Crippen LogP contribution in [0.4, 0.5) is 14.5 Å². The minimum absolute atomic E-state index is 0.0805. The molecule has 0 atom stereocenters. The van der Waals surface area contributed by atoms with E-state index in [0.717, 1.165) is 26.4 Å². The number of rotatable bonds is 4. The van der Waals surface area contributed by atoms with Gasteiger partial charge in [0.1, 0.15) is 17.3 Å². The normalized spacial score (nSPS) is 10.9. The summed E-state index contributed by atoms with van der Waals surface area (Å²) >= 11 is 2.90. The van der Waals surface area contributed by atoms with Gasteiger partial charge in [0.25, 0.3) is 0 Å². The number of carbonyl (C=O) groups excluding carboxylic acids is 2. The minimum Gasteiger partial charge on any atom is -0.466 e. The molecule has 0 saturated carbocycles. The van der Waals surface area contributed by atoms with Crippen LogP contribution in [0.5, 0.6) is 0 Å². The first kappa shape index (κ1) is 16.1. The highest BCUT2D eigenvalue weighted by molar-refractivity contribution is 9.10. The van der Waals surface area contributed by atoms with Gasteiger partial charge in [-0.25, -0.2) is 18.4 Å². The van der Waals surface area contributed by atoms with Crippen molar-refractivity contribution < 1.29 is 27.8 Å². The van der Waals surface area contributed by atoms with Crippen molar-refractivity contribution in [3.05, 3.63) is 40.0 Å². The van der Waals surface area contributed by atoms with E-state index in [0.29, 0.717) is 6.07 Å². The number of esters is 2. The fourth-order valence-corrected chi connectivity index (χ4v) is 1.55. The lowest BCUT2D eigenvalue weighted by atomic mass is 10.2. The van der Waals surface area contributed by atoms with Crippen LogP contribution in [0.15, 0.2) is 28.4 Å². The van der Waals surface area contributed by atoms with Crippen molar-refractivity contribution in [1.82, 2.24) is 0 Å². The van der Waals surface area contributed by atoms with E-state index in [9.17, 15) is 18.4 Å². The van der Waals surface area contributed by atoms with Crippen LogP contribution in [-0.2, 0) is 19.1 Å². The van der Waals surface area contributed by atoms with E-state index in [-0.39, 0.29) is 15.9 Å². The molecule has 1 rings (SSSR count). The lowest BCUT2D eigenvalue weighted by Gasteiger charge is -2.11. The molecule has 0 saturated heterocycles. The Kier molecular flexibility index (Phi) is 5.63. The number of hydrogen-bond donors (Lipinski definition) is 1. The first-order valence-electron chi connectivity index (χ1n) is 5.18. The van der Waals surface area contributed by atoms with Crippen molar-refractivity contribution in [3.63, 3.8) is 0 Å². The van der Waals surface area contributed by atoms with Gasteiger partial charge in [0, 0.05) is 6.07 Å². The van der Waals surface area contributed by atoms with Crippen molar-refractivity contribution in [2.24, 2.45) is 0 Å².